The number of unbranched alkanes of at least 4 members (excludes halogenated alkanes) is 2. The molecule has 0 aliphatic carbocycles. The molecule has 0 aromatic heterocycles. The molecular formula is C5H19N2O2PS2. The van der Waals surface area contributed by atoms with E-state index >= 15 is 0 Å². The first kappa shape index (κ1) is 18.6. The summed E-state index contributed by atoms with van der Waals surface area (Å²) in [4.78, 5) is 20.8. The van der Waals surface area contributed by atoms with Crippen molar-refractivity contribution >= 4 is 28.9 Å². The lowest BCUT2D eigenvalue weighted by molar-refractivity contribution is -0.284. The van der Waals surface area contributed by atoms with Crippen molar-refractivity contribution < 1.29 is 9.79 Å². The molecule has 0 fully saturated rings. The molecule has 4 nitrogen and oxygen atoms in total. The lowest BCUT2D eigenvalue weighted by Gasteiger charge is -2.33. The van der Waals surface area contributed by atoms with Crippen LogP contribution >= 0.6 is 17.1 Å². The first-order chi connectivity index (χ1) is 4.56. The normalized spacial score (nSPS) is 9.92. The zero-order valence-corrected chi connectivity index (χ0v) is 10.4. The third kappa shape index (κ3) is 17.1. The number of quaternary nitrogens is 2. The van der Waals surface area contributed by atoms with E-state index in [4.69, 9.17) is 0 Å². The Morgan fingerprint density at radius 1 is 1.25 bits per heavy atom. The minimum absolute atomic E-state index is 0. The fourth-order valence-electron chi connectivity index (χ4n) is 0.528. The maximum Gasteiger partial charge on any atom is -0.00419 e. The van der Waals surface area contributed by atoms with E-state index < -0.39 is 5.69 Å². The first-order valence-electron chi connectivity index (χ1n) is 3.23. The monoisotopic (exact) mass is 234 g/mol. The molecular weight excluding hydrogens is 215 g/mol. The van der Waals surface area contributed by atoms with Crippen LogP contribution in [-0.4, -0.2) is 5.75 Å². The summed E-state index contributed by atoms with van der Waals surface area (Å²) in [7, 11) is 0. The topological polar surface area (TPSA) is 119 Å². The van der Waals surface area contributed by atoms with Gasteiger partial charge in [0.2, 0.25) is 0 Å². The fourth-order valence-corrected chi connectivity index (χ4v) is 2.81. The molecule has 78 valence electrons. The van der Waals surface area contributed by atoms with Gasteiger partial charge in [0, 0.05) is 0 Å². The van der Waals surface area contributed by atoms with Gasteiger partial charge in [0.05, 0.1) is 0 Å². The second-order valence-electron chi connectivity index (χ2n) is 1.99. The van der Waals surface area contributed by atoms with Gasteiger partial charge < -0.3 is 22.1 Å². The van der Waals surface area contributed by atoms with Crippen LogP contribution in [0.1, 0.15) is 26.2 Å². The summed E-state index contributed by atoms with van der Waals surface area (Å²) in [6.07, 6.45) is 3.15. The zero-order chi connectivity index (χ0) is 8.04. The van der Waals surface area contributed by atoms with E-state index in [1.165, 1.54) is 0 Å². The lowest BCUT2D eigenvalue weighted by atomic mass is 10.3. The standard InChI is InChI=1S/C5H13O2PS2.2H3N/c1-2-3-4-5-10-8(6,7)9;;/h2-5H2,1H3,(H2,6,7,9);2*1H3. The fraction of sp³-hybridized carbons (Fsp3) is 1.00. The van der Waals surface area contributed by atoms with Crippen LogP contribution in [0.3, 0.4) is 0 Å². The first-order valence-corrected chi connectivity index (χ1v) is 7.45. The van der Waals surface area contributed by atoms with Crippen LogP contribution in [0.4, 0.5) is 0 Å². The second kappa shape index (κ2) is 9.92. The van der Waals surface area contributed by atoms with Crippen molar-refractivity contribution in [1.29, 1.82) is 0 Å². The average Bonchev–Trinajstić information content (AvgIpc) is 1.78. The summed E-state index contributed by atoms with van der Waals surface area (Å²) in [5, 5.41) is 0. The highest BCUT2D eigenvalue weighted by Crippen LogP contribution is 2.41. The van der Waals surface area contributed by atoms with Gasteiger partial charge in [-0.1, -0.05) is 19.8 Å². The molecule has 0 aromatic carbocycles. The summed E-state index contributed by atoms with van der Waals surface area (Å²) in [5.41, 5.74) is -3.46. The van der Waals surface area contributed by atoms with Crippen LogP contribution in [0.15, 0.2) is 0 Å². The van der Waals surface area contributed by atoms with Gasteiger partial charge in [0.1, 0.15) is 0 Å². The second-order valence-corrected chi connectivity index (χ2v) is 7.90. The van der Waals surface area contributed by atoms with E-state index in [9.17, 15) is 9.79 Å². The molecule has 0 atom stereocenters. The Morgan fingerprint density at radius 2 is 1.75 bits per heavy atom. The SMILES string of the molecule is CCCCCSP([O-])([O-])=S.[NH4+].[NH4+]. The Bertz CT molecular complexity index is 131. The van der Waals surface area contributed by atoms with E-state index in [-0.39, 0.29) is 12.3 Å². The summed E-state index contributed by atoms with van der Waals surface area (Å²) in [6.45, 7) is 2.08. The van der Waals surface area contributed by atoms with Gasteiger partial charge in [0.15, 0.2) is 0 Å². The molecule has 0 amide bonds. The quantitative estimate of drug-likeness (QED) is 0.554. The Kier molecular flexibility index (Phi) is 15.4. The number of rotatable bonds is 5. The van der Waals surface area contributed by atoms with Crippen molar-refractivity contribution in [1.82, 2.24) is 12.3 Å². The van der Waals surface area contributed by atoms with E-state index in [2.05, 4.69) is 18.7 Å². The number of hydrogen-bond donors (Lipinski definition) is 2. The molecule has 12 heavy (non-hydrogen) atoms. The molecule has 0 aliphatic rings. The van der Waals surface area contributed by atoms with Crippen LogP contribution in [0.2, 0.25) is 0 Å². The van der Waals surface area contributed by atoms with Gasteiger partial charge >= 0.3 is 0 Å². The van der Waals surface area contributed by atoms with Crippen LogP contribution in [0.25, 0.3) is 0 Å². The number of hydrogen-bond acceptors (Lipinski definition) is 4. The van der Waals surface area contributed by atoms with Crippen molar-refractivity contribution in [3.8, 4) is 0 Å². The lowest BCUT2D eigenvalue weighted by Crippen LogP contribution is -2.09. The van der Waals surface area contributed by atoms with Crippen molar-refractivity contribution in [3.05, 3.63) is 0 Å². The Morgan fingerprint density at radius 3 is 2.08 bits per heavy atom. The maximum atomic E-state index is 10.4. The molecule has 0 saturated heterocycles. The maximum absolute atomic E-state index is 10.4. The third-order valence-corrected chi connectivity index (χ3v) is 4.23. The highest BCUT2D eigenvalue weighted by Gasteiger charge is 1.87. The van der Waals surface area contributed by atoms with Crippen molar-refractivity contribution in [3.63, 3.8) is 0 Å². The highest BCUT2D eigenvalue weighted by atomic mass is 32.9. The molecule has 0 radical (unpaired) electrons. The van der Waals surface area contributed by atoms with E-state index in [1.54, 1.807) is 0 Å². The van der Waals surface area contributed by atoms with E-state index in [0.29, 0.717) is 5.75 Å². The Balaban J connectivity index is -0.000000405. The zero-order valence-electron chi connectivity index (χ0n) is 7.91. The third-order valence-electron chi connectivity index (χ3n) is 0.997. The molecule has 0 saturated carbocycles. The van der Waals surface area contributed by atoms with Crippen molar-refractivity contribution in [2.75, 3.05) is 5.75 Å². The molecule has 0 aromatic rings. The predicted octanol–water partition coefficient (Wildman–Crippen LogP) is 1.61. The van der Waals surface area contributed by atoms with Crippen LogP contribution < -0.4 is 22.1 Å². The van der Waals surface area contributed by atoms with Crippen LogP contribution in [0, 0.1) is 0 Å². The van der Waals surface area contributed by atoms with E-state index in [1.807, 2.05) is 0 Å². The molecule has 0 rings (SSSR count). The molecule has 7 heteroatoms. The summed E-state index contributed by atoms with van der Waals surface area (Å²) in [6, 6.07) is 0. The van der Waals surface area contributed by atoms with Crippen molar-refractivity contribution in [2.24, 2.45) is 0 Å². The molecule has 0 bridgehead atoms. The molecule has 8 N–H and O–H groups in total. The van der Waals surface area contributed by atoms with Gasteiger partial charge in [-0.2, -0.15) is 17.1 Å². The van der Waals surface area contributed by atoms with Crippen LogP contribution in [-0.2, 0) is 11.8 Å². The van der Waals surface area contributed by atoms with Crippen LogP contribution in [0.5, 0.6) is 0 Å². The summed E-state index contributed by atoms with van der Waals surface area (Å²) in [5.74, 6) is 0.651. The summed E-state index contributed by atoms with van der Waals surface area (Å²) >= 11 is 5.09. The van der Waals surface area contributed by atoms with Gasteiger partial charge in [0.25, 0.3) is 0 Å². The average molecular weight is 234 g/mol. The van der Waals surface area contributed by atoms with Gasteiger partial charge in [-0.15, -0.1) is 11.8 Å². The van der Waals surface area contributed by atoms with Gasteiger partial charge in [-0.25, -0.2) is 0 Å². The molecule has 0 aliphatic heterocycles. The van der Waals surface area contributed by atoms with Crippen molar-refractivity contribution in [2.45, 2.75) is 26.2 Å². The molecule has 0 heterocycles. The van der Waals surface area contributed by atoms with Gasteiger partial charge in [-0.3, -0.25) is 0 Å². The molecule has 0 unspecified atom stereocenters. The minimum Gasteiger partial charge on any atom is -0.825 e. The smallest absolute Gasteiger partial charge is 0.00419 e. The molecule has 0 spiro atoms. The highest BCUT2D eigenvalue weighted by molar-refractivity contribution is 8.66. The Hall–Kier alpha value is 0.840. The van der Waals surface area contributed by atoms with E-state index in [0.717, 1.165) is 30.6 Å². The minimum atomic E-state index is -3.46. The largest absolute Gasteiger partial charge is 0.825 e. The van der Waals surface area contributed by atoms with Gasteiger partial charge in [-0.05, 0) is 12.2 Å². The predicted molar refractivity (Wildman–Crippen MR) is 58.2 cm³/mol. The summed E-state index contributed by atoms with van der Waals surface area (Å²) < 4.78 is 0. The Labute approximate surface area is 83.2 Å².